The van der Waals surface area contributed by atoms with E-state index in [1.54, 1.807) is 0 Å². The fraction of sp³-hybridized carbons (Fsp3) is 0.304. The molecule has 0 N–H and O–H groups in total. The van der Waals surface area contributed by atoms with E-state index < -0.39 is 0 Å². The van der Waals surface area contributed by atoms with E-state index in [0.717, 1.165) is 35.6 Å². The van der Waals surface area contributed by atoms with Crippen molar-refractivity contribution >= 4 is 5.78 Å². The van der Waals surface area contributed by atoms with E-state index >= 15 is 0 Å². The molecule has 0 saturated carbocycles. The second-order valence-corrected chi connectivity index (χ2v) is 7.00. The largest absolute Gasteiger partial charge is 0.348 e. The number of carbonyl (C=O) groups is 1. The SMILES string of the molecule is Cc1ccc[n+](CC(=O)c2cc(C)n(CCc3ccccc3)c2C)c1C. The van der Waals surface area contributed by atoms with Gasteiger partial charge in [-0.3, -0.25) is 4.79 Å². The van der Waals surface area contributed by atoms with Crippen LogP contribution in [0.2, 0.25) is 0 Å². The van der Waals surface area contributed by atoms with Gasteiger partial charge >= 0.3 is 0 Å². The molecular formula is C23H27N2O+. The summed E-state index contributed by atoms with van der Waals surface area (Å²) in [5.74, 6) is 0.169. The number of rotatable bonds is 6. The summed E-state index contributed by atoms with van der Waals surface area (Å²) in [7, 11) is 0. The number of aromatic nitrogens is 2. The molecule has 3 heteroatoms. The van der Waals surface area contributed by atoms with Gasteiger partial charge in [-0.15, -0.1) is 0 Å². The van der Waals surface area contributed by atoms with Gasteiger partial charge in [0.15, 0.2) is 11.9 Å². The third-order valence-corrected chi connectivity index (χ3v) is 5.27. The fourth-order valence-corrected chi connectivity index (χ4v) is 3.47. The van der Waals surface area contributed by atoms with Crippen molar-refractivity contribution in [3.8, 4) is 0 Å². The third kappa shape index (κ3) is 3.77. The van der Waals surface area contributed by atoms with E-state index in [0.29, 0.717) is 6.54 Å². The fourth-order valence-electron chi connectivity index (χ4n) is 3.47. The number of hydrogen-bond donors (Lipinski definition) is 0. The zero-order valence-corrected chi connectivity index (χ0v) is 16.1. The number of pyridine rings is 1. The lowest BCUT2D eigenvalue weighted by atomic mass is 10.1. The third-order valence-electron chi connectivity index (χ3n) is 5.27. The first-order valence-corrected chi connectivity index (χ1v) is 9.17. The highest BCUT2D eigenvalue weighted by molar-refractivity contribution is 5.96. The maximum atomic E-state index is 12.9. The number of carbonyl (C=O) groups excluding carboxylic acids is 1. The molecule has 3 rings (SSSR count). The van der Waals surface area contributed by atoms with Crippen molar-refractivity contribution in [1.82, 2.24) is 4.57 Å². The number of nitrogens with zero attached hydrogens (tertiary/aromatic N) is 2. The number of hydrogen-bond acceptors (Lipinski definition) is 1. The van der Waals surface area contributed by atoms with Gasteiger partial charge < -0.3 is 4.57 Å². The highest BCUT2D eigenvalue weighted by Crippen LogP contribution is 2.17. The molecule has 1 aromatic carbocycles. The molecular weight excluding hydrogens is 320 g/mol. The summed E-state index contributed by atoms with van der Waals surface area (Å²) < 4.78 is 4.29. The van der Waals surface area contributed by atoms with Crippen LogP contribution in [0.15, 0.2) is 54.7 Å². The molecule has 0 aliphatic carbocycles. The smallest absolute Gasteiger partial charge is 0.229 e. The number of Topliss-reactive ketones (excluding diaryl/α,β-unsaturated/α-hetero) is 1. The van der Waals surface area contributed by atoms with E-state index in [4.69, 9.17) is 0 Å². The second-order valence-electron chi connectivity index (χ2n) is 7.00. The summed E-state index contributed by atoms with van der Waals surface area (Å²) in [5, 5.41) is 0. The van der Waals surface area contributed by atoms with E-state index in [1.807, 2.05) is 29.0 Å². The van der Waals surface area contributed by atoms with Gasteiger partial charge in [0, 0.05) is 42.0 Å². The topological polar surface area (TPSA) is 25.9 Å². The minimum absolute atomic E-state index is 0.169. The minimum Gasteiger partial charge on any atom is -0.348 e. The quantitative estimate of drug-likeness (QED) is 0.486. The van der Waals surface area contributed by atoms with Crippen molar-refractivity contribution in [2.75, 3.05) is 0 Å². The van der Waals surface area contributed by atoms with E-state index in [2.05, 4.69) is 62.6 Å². The highest BCUT2D eigenvalue weighted by Gasteiger charge is 2.20. The Hall–Kier alpha value is -2.68. The zero-order valence-electron chi connectivity index (χ0n) is 16.1. The lowest BCUT2D eigenvalue weighted by Gasteiger charge is -2.10. The van der Waals surface area contributed by atoms with Crippen molar-refractivity contribution in [3.05, 3.63) is 88.5 Å². The molecule has 0 saturated heterocycles. The van der Waals surface area contributed by atoms with Crippen LogP contribution in [-0.2, 0) is 19.5 Å². The average Bonchev–Trinajstić information content (AvgIpc) is 2.92. The molecule has 0 unspecified atom stereocenters. The van der Waals surface area contributed by atoms with Gasteiger partial charge in [0.05, 0.1) is 0 Å². The summed E-state index contributed by atoms with van der Waals surface area (Å²) in [6.07, 6.45) is 2.95. The Balaban J connectivity index is 1.78. The van der Waals surface area contributed by atoms with Crippen LogP contribution in [0, 0.1) is 27.7 Å². The number of ketones is 1. The molecule has 0 radical (unpaired) electrons. The Morgan fingerprint density at radius 2 is 1.73 bits per heavy atom. The van der Waals surface area contributed by atoms with Gasteiger partial charge in [0.25, 0.3) is 0 Å². The van der Waals surface area contributed by atoms with Gasteiger partial charge in [-0.1, -0.05) is 30.3 Å². The van der Waals surface area contributed by atoms with Crippen LogP contribution >= 0.6 is 0 Å². The van der Waals surface area contributed by atoms with Crippen molar-refractivity contribution < 1.29 is 9.36 Å². The first kappa shape index (κ1) is 18.1. The number of aryl methyl sites for hydroxylation is 3. The van der Waals surface area contributed by atoms with Crippen molar-refractivity contribution in [1.29, 1.82) is 0 Å². The summed E-state index contributed by atoms with van der Waals surface area (Å²) in [6, 6.07) is 16.6. The van der Waals surface area contributed by atoms with E-state index in [1.165, 1.54) is 11.1 Å². The first-order chi connectivity index (χ1) is 12.5. The monoisotopic (exact) mass is 347 g/mol. The van der Waals surface area contributed by atoms with Crippen LogP contribution in [0.1, 0.15) is 38.6 Å². The predicted molar refractivity (Wildman–Crippen MR) is 104 cm³/mol. The first-order valence-electron chi connectivity index (χ1n) is 9.17. The molecule has 0 atom stereocenters. The molecule has 2 aromatic heterocycles. The lowest BCUT2D eigenvalue weighted by Crippen LogP contribution is -2.41. The minimum atomic E-state index is 0.169. The zero-order chi connectivity index (χ0) is 18.7. The average molecular weight is 347 g/mol. The summed E-state index contributed by atoms with van der Waals surface area (Å²) >= 11 is 0. The van der Waals surface area contributed by atoms with Gasteiger partial charge in [0.2, 0.25) is 12.3 Å². The molecule has 134 valence electrons. The predicted octanol–water partition coefficient (Wildman–Crippen LogP) is 4.13. The van der Waals surface area contributed by atoms with Crippen LogP contribution < -0.4 is 4.57 Å². The summed E-state index contributed by atoms with van der Waals surface area (Å²) in [5.41, 5.74) is 6.71. The van der Waals surface area contributed by atoms with Crippen LogP contribution in [0.3, 0.4) is 0 Å². The molecule has 3 nitrogen and oxygen atoms in total. The van der Waals surface area contributed by atoms with Gasteiger partial charge in [-0.05, 0) is 44.9 Å². The van der Waals surface area contributed by atoms with Gasteiger partial charge in [0.1, 0.15) is 0 Å². The normalized spacial score (nSPS) is 10.9. The Labute approximate surface area is 155 Å². The summed E-state index contributed by atoms with van der Waals surface area (Å²) in [4.78, 5) is 12.9. The Morgan fingerprint density at radius 3 is 2.46 bits per heavy atom. The molecule has 0 aliphatic rings. The Kier molecular flexibility index (Phi) is 5.36. The lowest BCUT2D eigenvalue weighted by molar-refractivity contribution is -0.689. The molecule has 0 fully saturated rings. The molecule has 0 amide bonds. The van der Waals surface area contributed by atoms with Crippen molar-refractivity contribution in [2.24, 2.45) is 0 Å². The molecule has 0 bridgehead atoms. The van der Waals surface area contributed by atoms with Gasteiger partial charge in [-0.2, -0.15) is 4.57 Å². The molecule has 0 spiro atoms. The molecule has 2 heterocycles. The van der Waals surface area contributed by atoms with E-state index in [-0.39, 0.29) is 5.78 Å². The molecule has 3 aromatic rings. The summed E-state index contributed by atoms with van der Waals surface area (Å²) in [6.45, 7) is 9.55. The molecule has 0 aliphatic heterocycles. The van der Waals surface area contributed by atoms with Gasteiger partial charge in [-0.25, -0.2) is 0 Å². The maximum Gasteiger partial charge on any atom is 0.229 e. The van der Waals surface area contributed by atoms with Crippen LogP contribution in [-0.4, -0.2) is 10.4 Å². The number of benzene rings is 1. The van der Waals surface area contributed by atoms with E-state index in [9.17, 15) is 4.79 Å². The highest BCUT2D eigenvalue weighted by atomic mass is 16.1. The standard InChI is InChI=1S/C23H27N2O/c1-17-9-8-13-24(19(17)3)16-23(26)22-15-18(2)25(20(22)4)14-12-21-10-6-5-7-11-21/h5-11,13,15H,12,14,16H2,1-4H3/q+1. The van der Waals surface area contributed by atoms with Crippen LogP contribution in [0.25, 0.3) is 0 Å². The van der Waals surface area contributed by atoms with Crippen LogP contribution in [0.5, 0.6) is 0 Å². The van der Waals surface area contributed by atoms with Crippen molar-refractivity contribution in [2.45, 2.75) is 47.2 Å². The van der Waals surface area contributed by atoms with Crippen molar-refractivity contribution in [3.63, 3.8) is 0 Å². The maximum absolute atomic E-state index is 12.9. The molecule has 26 heavy (non-hydrogen) atoms. The Bertz CT molecular complexity index is 923. The Morgan fingerprint density at radius 1 is 1.00 bits per heavy atom. The van der Waals surface area contributed by atoms with Crippen LogP contribution in [0.4, 0.5) is 0 Å². The second kappa shape index (κ2) is 7.69.